The highest BCUT2D eigenvalue weighted by atomic mass is 32.1. The van der Waals surface area contributed by atoms with Crippen LogP contribution in [0.4, 0.5) is 5.00 Å². The number of carbonyl (C=O) groups is 2. The minimum Gasteiger partial charge on any atom is -0.465 e. The van der Waals surface area contributed by atoms with Crippen molar-refractivity contribution in [2.24, 2.45) is 5.73 Å². The van der Waals surface area contributed by atoms with Gasteiger partial charge in [-0.1, -0.05) is 0 Å². The van der Waals surface area contributed by atoms with Gasteiger partial charge in [0.15, 0.2) is 0 Å². The van der Waals surface area contributed by atoms with Crippen LogP contribution in [0.15, 0.2) is 0 Å². The zero-order valence-corrected chi connectivity index (χ0v) is 12.3. The lowest BCUT2D eigenvalue weighted by Gasteiger charge is -2.36. The molecule has 6 heteroatoms. The number of carbonyl (C=O) groups excluding carboxylic acids is 2. The minimum atomic E-state index is -0.762. The third-order valence-electron chi connectivity index (χ3n) is 4.24. The molecule has 0 atom stereocenters. The average molecular weight is 294 g/mol. The number of nitrogens with two attached hydrogens (primary N) is 1. The predicted octanol–water partition coefficient (Wildman–Crippen LogP) is 1.84. The predicted molar refractivity (Wildman–Crippen MR) is 77.1 cm³/mol. The average Bonchev–Trinajstić information content (AvgIpc) is 2.95. The first-order valence-electron chi connectivity index (χ1n) is 6.88. The van der Waals surface area contributed by atoms with Crippen molar-refractivity contribution in [2.45, 2.75) is 44.1 Å². The fourth-order valence-corrected chi connectivity index (χ4v) is 4.10. The van der Waals surface area contributed by atoms with Crippen LogP contribution in [0.1, 0.15) is 46.5 Å². The Hall–Kier alpha value is -1.40. The normalized spacial score (nSPS) is 19.1. The van der Waals surface area contributed by atoms with Gasteiger partial charge in [0, 0.05) is 4.88 Å². The molecule has 1 saturated carbocycles. The fourth-order valence-electron chi connectivity index (χ4n) is 2.82. The van der Waals surface area contributed by atoms with Crippen molar-refractivity contribution in [1.82, 2.24) is 0 Å². The Morgan fingerprint density at radius 1 is 1.30 bits per heavy atom. The summed E-state index contributed by atoms with van der Waals surface area (Å²) in [4.78, 5) is 25.4. The molecule has 1 heterocycles. The van der Waals surface area contributed by atoms with Crippen LogP contribution in [0.2, 0.25) is 0 Å². The van der Waals surface area contributed by atoms with Gasteiger partial charge in [0.05, 0.1) is 18.2 Å². The number of aryl methyl sites for hydroxylation is 1. The molecule has 3 N–H and O–H groups in total. The highest BCUT2D eigenvalue weighted by Gasteiger charge is 2.41. The Morgan fingerprint density at radius 2 is 2.05 bits per heavy atom. The van der Waals surface area contributed by atoms with Gasteiger partial charge in [0.25, 0.3) is 0 Å². The van der Waals surface area contributed by atoms with E-state index in [1.165, 1.54) is 23.3 Å². The molecule has 0 aromatic carbocycles. The molecule has 0 aliphatic heterocycles. The van der Waals surface area contributed by atoms with Gasteiger partial charge in [-0.25, -0.2) is 4.79 Å². The maximum atomic E-state index is 12.2. The molecular formula is C14H18N2O3S. The summed E-state index contributed by atoms with van der Waals surface area (Å²) < 4.78 is 4.85. The van der Waals surface area contributed by atoms with Gasteiger partial charge in [-0.3, -0.25) is 4.79 Å². The van der Waals surface area contributed by atoms with Crippen LogP contribution in [0.5, 0.6) is 0 Å². The zero-order valence-electron chi connectivity index (χ0n) is 11.5. The summed E-state index contributed by atoms with van der Waals surface area (Å²) in [6, 6.07) is 0. The summed E-state index contributed by atoms with van der Waals surface area (Å²) in [6.45, 7) is 0. The van der Waals surface area contributed by atoms with E-state index in [2.05, 4.69) is 5.32 Å². The molecule has 0 radical (unpaired) electrons. The van der Waals surface area contributed by atoms with E-state index in [1.54, 1.807) is 0 Å². The van der Waals surface area contributed by atoms with Crippen LogP contribution in [0.25, 0.3) is 0 Å². The number of nitrogens with one attached hydrogen (secondary N) is 1. The molecule has 1 aromatic rings. The van der Waals surface area contributed by atoms with Gasteiger partial charge in [0.2, 0.25) is 5.91 Å². The van der Waals surface area contributed by atoms with Crippen molar-refractivity contribution in [3.63, 3.8) is 0 Å². The van der Waals surface area contributed by atoms with Crippen LogP contribution in [0, 0.1) is 0 Å². The van der Waals surface area contributed by atoms with E-state index >= 15 is 0 Å². The fraction of sp³-hybridized carbons (Fsp3) is 0.571. The number of anilines is 1. The highest BCUT2D eigenvalue weighted by Crippen LogP contribution is 2.40. The van der Waals surface area contributed by atoms with Crippen molar-refractivity contribution < 1.29 is 14.3 Å². The number of hydrogen-bond donors (Lipinski definition) is 2. The second kappa shape index (κ2) is 4.86. The first-order chi connectivity index (χ1) is 9.55. The molecule has 1 aromatic heterocycles. The highest BCUT2D eigenvalue weighted by molar-refractivity contribution is 7.17. The molecule has 5 nitrogen and oxygen atoms in total. The monoisotopic (exact) mass is 294 g/mol. The van der Waals surface area contributed by atoms with Crippen LogP contribution < -0.4 is 11.1 Å². The smallest absolute Gasteiger partial charge is 0.341 e. The number of amides is 1. The van der Waals surface area contributed by atoms with Crippen LogP contribution in [-0.4, -0.2) is 24.5 Å². The van der Waals surface area contributed by atoms with Crippen molar-refractivity contribution in [3.05, 3.63) is 16.0 Å². The maximum Gasteiger partial charge on any atom is 0.341 e. The van der Waals surface area contributed by atoms with Gasteiger partial charge < -0.3 is 15.8 Å². The van der Waals surface area contributed by atoms with Gasteiger partial charge in [-0.15, -0.1) is 11.3 Å². The Morgan fingerprint density at radius 3 is 2.65 bits per heavy atom. The third-order valence-corrected chi connectivity index (χ3v) is 5.44. The number of ether oxygens (including phenoxy) is 1. The molecule has 0 bridgehead atoms. The number of hydrogen-bond acceptors (Lipinski definition) is 5. The summed E-state index contributed by atoms with van der Waals surface area (Å²) in [5.74, 6) is -0.562. The molecule has 0 spiro atoms. The van der Waals surface area contributed by atoms with E-state index in [0.717, 1.165) is 31.2 Å². The Labute approximate surface area is 121 Å². The van der Waals surface area contributed by atoms with E-state index in [0.29, 0.717) is 23.4 Å². The minimum absolute atomic E-state index is 0.186. The SMILES string of the molecule is COC(=O)c1c(NC(=O)C2(N)CCC2)sc2c1CCC2. The van der Waals surface area contributed by atoms with Gasteiger partial charge in [-0.05, 0) is 44.1 Å². The van der Waals surface area contributed by atoms with E-state index < -0.39 is 5.54 Å². The van der Waals surface area contributed by atoms with E-state index in [1.807, 2.05) is 0 Å². The Kier molecular flexibility index (Phi) is 3.30. The number of fused-ring (bicyclic) bond motifs is 1. The van der Waals surface area contributed by atoms with Gasteiger partial charge >= 0.3 is 5.97 Å². The first-order valence-corrected chi connectivity index (χ1v) is 7.70. The van der Waals surface area contributed by atoms with Crippen molar-refractivity contribution in [1.29, 1.82) is 0 Å². The van der Waals surface area contributed by atoms with Gasteiger partial charge in [-0.2, -0.15) is 0 Å². The summed E-state index contributed by atoms with van der Waals surface area (Å²) in [5, 5.41) is 3.45. The standard InChI is InChI=1S/C14H18N2O3S/c1-19-12(17)10-8-4-2-5-9(8)20-11(10)16-13(18)14(15)6-3-7-14/h2-7,15H2,1H3,(H,16,18). The second-order valence-corrected chi connectivity index (χ2v) is 6.62. The molecule has 0 saturated heterocycles. The molecule has 2 aliphatic carbocycles. The van der Waals surface area contributed by atoms with Crippen molar-refractivity contribution in [3.8, 4) is 0 Å². The molecule has 1 fully saturated rings. The lowest BCUT2D eigenvalue weighted by molar-refractivity contribution is -0.123. The van der Waals surface area contributed by atoms with Crippen molar-refractivity contribution in [2.75, 3.05) is 12.4 Å². The number of rotatable bonds is 3. The number of methoxy groups -OCH3 is 1. The summed E-state index contributed by atoms with van der Waals surface area (Å²) >= 11 is 1.48. The summed E-state index contributed by atoms with van der Waals surface area (Å²) in [5.41, 5.74) is 6.83. The Bertz CT molecular complexity index is 575. The quantitative estimate of drug-likeness (QED) is 0.834. The largest absolute Gasteiger partial charge is 0.465 e. The molecular weight excluding hydrogens is 276 g/mol. The topological polar surface area (TPSA) is 81.4 Å². The van der Waals surface area contributed by atoms with Crippen LogP contribution in [0.3, 0.4) is 0 Å². The van der Waals surface area contributed by atoms with E-state index in [9.17, 15) is 9.59 Å². The van der Waals surface area contributed by atoms with E-state index in [4.69, 9.17) is 10.5 Å². The van der Waals surface area contributed by atoms with Crippen LogP contribution >= 0.6 is 11.3 Å². The molecule has 3 rings (SSSR count). The Balaban J connectivity index is 1.89. The van der Waals surface area contributed by atoms with Crippen molar-refractivity contribution >= 4 is 28.2 Å². The maximum absolute atomic E-state index is 12.2. The molecule has 108 valence electrons. The van der Waals surface area contributed by atoms with E-state index in [-0.39, 0.29) is 11.9 Å². The first kappa shape index (κ1) is 13.6. The second-order valence-electron chi connectivity index (χ2n) is 5.52. The van der Waals surface area contributed by atoms with Gasteiger partial charge in [0.1, 0.15) is 5.00 Å². The third kappa shape index (κ3) is 2.03. The molecule has 20 heavy (non-hydrogen) atoms. The van der Waals surface area contributed by atoms with Crippen LogP contribution in [-0.2, 0) is 22.4 Å². The summed E-state index contributed by atoms with van der Waals surface area (Å²) in [7, 11) is 1.36. The zero-order chi connectivity index (χ0) is 14.3. The lowest BCUT2D eigenvalue weighted by Crippen LogP contribution is -2.56. The summed E-state index contributed by atoms with van der Waals surface area (Å²) in [6.07, 6.45) is 5.29. The molecule has 1 amide bonds. The molecule has 0 unspecified atom stereocenters. The number of thiophene rings is 1. The molecule has 2 aliphatic rings. The number of esters is 1. The lowest BCUT2D eigenvalue weighted by atomic mass is 9.77.